The second kappa shape index (κ2) is 8.30. The monoisotopic (exact) mass is 229 g/mol. The predicted octanol–water partition coefficient (Wildman–Crippen LogP) is 1.98. The molecule has 0 fully saturated rings. The molecule has 0 aliphatic carbocycles. The number of hydrogen-bond acceptors (Lipinski definition) is 3. The average molecular weight is 229 g/mol. The van der Waals surface area contributed by atoms with Crippen LogP contribution < -0.4 is 5.56 Å². The molecule has 86 valence electrons. The Bertz CT molecular complexity index is 347. The van der Waals surface area contributed by atoms with Gasteiger partial charge in [-0.25, -0.2) is 4.98 Å². The minimum absolute atomic E-state index is 0. The Labute approximate surface area is 93.7 Å². The number of H-pyrrole nitrogens is 1. The van der Waals surface area contributed by atoms with E-state index >= 15 is 0 Å². The molecule has 2 N–H and O–H groups in total. The lowest BCUT2D eigenvalue weighted by Crippen LogP contribution is -2.16. The first-order valence-electron chi connectivity index (χ1n) is 4.75. The van der Waals surface area contributed by atoms with Crippen molar-refractivity contribution in [2.45, 2.75) is 33.6 Å². The van der Waals surface area contributed by atoms with Crippen LogP contribution in [0.2, 0.25) is 0 Å². The van der Waals surface area contributed by atoms with E-state index in [2.05, 4.69) is 9.97 Å². The summed E-state index contributed by atoms with van der Waals surface area (Å²) in [6, 6.07) is 0. The second-order valence-electron chi connectivity index (χ2n) is 2.85. The van der Waals surface area contributed by atoms with Gasteiger partial charge < -0.3 is 10.4 Å². The summed E-state index contributed by atoms with van der Waals surface area (Å²) >= 11 is 0. The fraction of sp³-hybridized carbons (Fsp3) is 0.500. The number of hydrogen-bond donors (Lipinski definition) is 2. The van der Waals surface area contributed by atoms with Crippen LogP contribution in [0.15, 0.2) is 11.0 Å². The highest BCUT2D eigenvalue weighted by Crippen LogP contribution is 2.06. The number of aromatic amines is 1. The van der Waals surface area contributed by atoms with Crippen molar-refractivity contribution in [3.05, 3.63) is 27.9 Å². The lowest BCUT2D eigenvalue weighted by Gasteiger charge is -2.02. The van der Waals surface area contributed by atoms with Crippen molar-refractivity contribution in [2.75, 3.05) is 0 Å². The molecule has 1 atom stereocenters. The molecule has 0 aromatic carbocycles. The highest BCUT2D eigenvalue weighted by atomic mass is 31.0. The van der Waals surface area contributed by atoms with Crippen molar-refractivity contribution in [1.29, 1.82) is 5.41 Å². The molecule has 1 rings (SSSR count). The maximum absolute atomic E-state index is 11.1. The molecule has 0 aliphatic heterocycles. The second-order valence-corrected chi connectivity index (χ2v) is 2.85. The first-order chi connectivity index (χ1) is 6.65. The minimum atomic E-state index is -0.295. The normalized spacial score (nSPS) is 8.60. The highest BCUT2D eigenvalue weighted by Gasteiger charge is 2.02. The standard InChI is InChI=1S/C8H11N3O.C2H6.H3P/c1-5(2)7-4-10-6(3-9)8(12)11-7;1-2;/h3-5,9H,1-2H3,(H,11,12);1-2H3;1H3. The van der Waals surface area contributed by atoms with E-state index in [0.717, 1.165) is 11.9 Å². The topological polar surface area (TPSA) is 69.6 Å². The Morgan fingerprint density at radius 2 is 2.00 bits per heavy atom. The third kappa shape index (κ3) is 4.84. The van der Waals surface area contributed by atoms with Crippen LogP contribution in [0.4, 0.5) is 0 Å². The van der Waals surface area contributed by atoms with E-state index in [4.69, 9.17) is 5.41 Å². The number of nitrogens with one attached hydrogen (secondary N) is 2. The first kappa shape index (κ1) is 16.4. The molecule has 0 radical (unpaired) electrons. The molecule has 1 heterocycles. The molecule has 1 aromatic heterocycles. The molecule has 0 saturated carbocycles. The molecule has 0 spiro atoms. The van der Waals surface area contributed by atoms with Gasteiger partial charge in [-0.3, -0.25) is 4.79 Å². The van der Waals surface area contributed by atoms with Gasteiger partial charge in [0.05, 0.1) is 0 Å². The summed E-state index contributed by atoms with van der Waals surface area (Å²) in [6.45, 7) is 7.94. The van der Waals surface area contributed by atoms with Crippen LogP contribution in [0.25, 0.3) is 0 Å². The molecule has 1 unspecified atom stereocenters. The Morgan fingerprint density at radius 1 is 1.47 bits per heavy atom. The van der Waals surface area contributed by atoms with Crippen LogP contribution in [0.1, 0.15) is 45.0 Å². The molecule has 1 aromatic rings. The van der Waals surface area contributed by atoms with E-state index in [1.807, 2.05) is 27.7 Å². The quantitative estimate of drug-likeness (QED) is 0.601. The Hall–Kier alpha value is -1.02. The summed E-state index contributed by atoms with van der Waals surface area (Å²) in [6.07, 6.45) is 2.54. The van der Waals surface area contributed by atoms with Crippen LogP contribution in [0.3, 0.4) is 0 Å². The molecule has 0 saturated heterocycles. The van der Waals surface area contributed by atoms with Crippen LogP contribution >= 0.6 is 9.90 Å². The van der Waals surface area contributed by atoms with E-state index < -0.39 is 0 Å². The lowest BCUT2D eigenvalue weighted by molar-refractivity contribution is 0.802. The predicted molar refractivity (Wildman–Crippen MR) is 69.3 cm³/mol. The van der Waals surface area contributed by atoms with Crippen molar-refractivity contribution >= 4 is 16.1 Å². The third-order valence-corrected chi connectivity index (χ3v) is 1.59. The van der Waals surface area contributed by atoms with E-state index in [0.29, 0.717) is 0 Å². The maximum Gasteiger partial charge on any atom is 0.275 e. The molecule has 0 aliphatic rings. The van der Waals surface area contributed by atoms with Gasteiger partial charge in [-0.15, -0.1) is 0 Å². The Kier molecular flexibility index (Phi) is 9.08. The zero-order valence-corrected chi connectivity index (χ0v) is 11.2. The van der Waals surface area contributed by atoms with Gasteiger partial charge in [0, 0.05) is 18.1 Å². The zero-order valence-electron chi connectivity index (χ0n) is 9.79. The summed E-state index contributed by atoms with van der Waals surface area (Å²) in [5, 5.41) is 6.85. The van der Waals surface area contributed by atoms with Crippen molar-refractivity contribution in [3.8, 4) is 0 Å². The summed E-state index contributed by atoms with van der Waals surface area (Å²) in [5.41, 5.74) is 0.654. The first-order valence-corrected chi connectivity index (χ1v) is 4.75. The Morgan fingerprint density at radius 3 is 2.33 bits per heavy atom. The largest absolute Gasteiger partial charge is 0.323 e. The molecule has 15 heavy (non-hydrogen) atoms. The summed E-state index contributed by atoms with van der Waals surface area (Å²) < 4.78 is 0. The van der Waals surface area contributed by atoms with Crippen molar-refractivity contribution in [3.63, 3.8) is 0 Å². The van der Waals surface area contributed by atoms with E-state index in [1.54, 1.807) is 6.20 Å². The number of nitrogens with zero attached hydrogens (tertiary/aromatic N) is 1. The third-order valence-electron chi connectivity index (χ3n) is 1.59. The maximum atomic E-state index is 11.1. The molecule has 4 nitrogen and oxygen atoms in total. The fourth-order valence-corrected chi connectivity index (χ4v) is 0.821. The minimum Gasteiger partial charge on any atom is -0.323 e. The van der Waals surface area contributed by atoms with Crippen molar-refractivity contribution < 1.29 is 0 Å². The van der Waals surface area contributed by atoms with Crippen LogP contribution in [-0.4, -0.2) is 16.2 Å². The van der Waals surface area contributed by atoms with Crippen LogP contribution in [-0.2, 0) is 0 Å². The van der Waals surface area contributed by atoms with E-state index in [-0.39, 0.29) is 27.1 Å². The van der Waals surface area contributed by atoms with Gasteiger partial charge in [-0.2, -0.15) is 9.90 Å². The van der Waals surface area contributed by atoms with Gasteiger partial charge in [-0.05, 0) is 5.92 Å². The molecule has 0 amide bonds. The van der Waals surface area contributed by atoms with Gasteiger partial charge in [0.15, 0.2) is 0 Å². The van der Waals surface area contributed by atoms with Crippen LogP contribution in [0, 0.1) is 5.41 Å². The van der Waals surface area contributed by atoms with Gasteiger partial charge in [0.25, 0.3) is 5.56 Å². The van der Waals surface area contributed by atoms with E-state index in [9.17, 15) is 4.79 Å². The lowest BCUT2D eigenvalue weighted by atomic mass is 10.1. The smallest absolute Gasteiger partial charge is 0.275 e. The van der Waals surface area contributed by atoms with Crippen LogP contribution in [0.5, 0.6) is 0 Å². The number of aromatic nitrogens is 2. The molecular formula is C10H20N3OP. The van der Waals surface area contributed by atoms with Gasteiger partial charge >= 0.3 is 0 Å². The zero-order chi connectivity index (χ0) is 11.1. The SMILES string of the molecule is CC.CC(C)c1cnc(C=N)c(=O)[nH]1.P. The van der Waals surface area contributed by atoms with Crippen molar-refractivity contribution in [2.24, 2.45) is 0 Å². The number of rotatable bonds is 2. The summed E-state index contributed by atoms with van der Waals surface area (Å²) in [7, 11) is 0. The Balaban J connectivity index is 0. The average Bonchev–Trinajstić information content (AvgIpc) is 2.20. The van der Waals surface area contributed by atoms with Crippen molar-refractivity contribution in [1.82, 2.24) is 9.97 Å². The molecule has 5 heteroatoms. The summed E-state index contributed by atoms with van der Waals surface area (Å²) in [4.78, 5) is 17.6. The summed E-state index contributed by atoms with van der Waals surface area (Å²) in [5.74, 6) is 0.255. The fourth-order valence-electron chi connectivity index (χ4n) is 0.821. The van der Waals surface area contributed by atoms with Gasteiger partial charge in [0.2, 0.25) is 0 Å². The van der Waals surface area contributed by atoms with E-state index in [1.165, 1.54) is 0 Å². The van der Waals surface area contributed by atoms with Gasteiger partial charge in [0.1, 0.15) is 5.69 Å². The highest BCUT2D eigenvalue weighted by molar-refractivity contribution is 6.92. The molecule has 0 bridgehead atoms. The van der Waals surface area contributed by atoms with Gasteiger partial charge in [-0.1, -0.05) is 27.7 Å². The molecular weight excluding hydrogens is 209 g/mol.